The molecule has 0 heterocycles. The van der Waals surface area contributed by atoms with Gasteiger partial charge < -0.3 is 5.73 Å². The van der Waals surface area contributed by atoms with Crippen molar-refractivity contribution in [3.63, 3.8) is 0 Å². The molecule has 1 atom stereocenters. The summed E-state index contributed by atoms with van der Waals surface area (Å²) in [6.45, 7) is 0. The summed E-state index contributed by atoms with van der Waals surface area (Å²) in [6, 6.07) is 17.7. The molecule has 0 aromatic heterocycles. The van der Waals surface area contributed by atoms with Crippen LogP contribution in [0.4, 0.5) is 0 Å². The molecule has 0 fully saturated rings. The van der Waals surface area contributed by atoms with Gasteiger partial charge in [0.15, 0.2) is 0 Å². The SMILES string of the molecule is NC1CCCc2ccc(Cc3ccccc3)cc21. The average Bonchev–Trinajstić information content (AvgIpc) is 2.41. The Balaban J connectivity index is 1.88. The number of benzene rings is 2. The normalized spacial score (nSPS) is 18.4. The number of hydrogen-bond donors (Lipinski definition) is 1. The van der Waals surface area contributed by atoms with Crippen LogP contribution < -0.4 is 5.73 Å². The highest BCUT2D eigenvalue weighted by Gasteiger charge is 2.16. The Kier molecular flexibility index (Phi) is 3.16. The van der Waals surface area contributed by atoms with Crippen molar-refractivity contribution in [3.8, 4) is 0 Å². The first-order valence-corrected chi connectivity index (χ1v) is 6.74. The van der Waals surface area contributed by atoms with Crippen LogP contribution in [-0.4, -0.2) is 0 Å². The van der Waals surface area contributed by atoms with Gasteiger partial charge in [0.25, 0.3) is 0 Å². The highest BCUT2D eigenvalue weighted by molar-refractivity contribution is 5.38. The Labute approximate surface area is 109 Å². The molecule has 0 aliphatic heterocycles. The number of rotatable bonds is 2. The van der Waals surface area contributed by atoms with Gasteiger partial charge in [0.05, 0.1) is 0 Å². The predicted molar refractivity (Wildman–Crippen MR) is 75.6 cm³/mol. The fraction of sp³-hybridized carbons (Fsp3) is 0.294. The van der Waals surface area contributed by atoms with E-state index in [-0.39, 0.29) is 6.04 Å². The average molecular weight is 237 g/mol. The molecule has 0 bridgehead atoms. The lowest BCUT2D eigenvalue weighted by molar-refractivity contribution is 0.570. The number of hydrogen-bond acceptors (Lipinski definition) is 1. The third-order valence-electron chi connectivity index (χ3n) is 3.82. The van der Waals surface area contributed by atoms with Crippen LogP contribution in [0.15, 0.2) is 48.5 Å². The summed E-state index contributed by atoms with van der Waals surface area (Å²) in [7, 11) is 0. The topological polar surface area (TPSA) is 26.0 Å². The summed E-state index contributed by atoms with van der Waals surface area (Å²) < 4.78 is 0. The lowest BCUT2D eigenvalue weighted by atomic mass is 9.86. The first kappa shape index (κ1) is 11.5. The smallest absolute Gasteiger partial charge is 0.0297 e. The van der Waals surface area contributed by atoms with Crippen LogP contribution in [0.1, 0.15) is 41.1 Å². The van der Waals surface area contributed by atoms with Gasteiger partial charge in [-0.25, -0.2) is 0 Å². The second kappa shape index (κ2) is 4.95. The van der Waals surface area contributed by atoms with E-state index in [0.717, 1.165) is 12.8 Å². The van der Waals surface area contributed by atoms with E-state index in [0.29, 0.717) is 0 Å². The van der Waals surface area contributed by atoms with Gasteiger partial charge in [-0.05, 0) is 47.9 Å². The zero-order valence-corrected chi connectivity index (χ0v) is 10.6. The monoisotopic (exact) mass is 237 g/mol. The summed E-state index contributed by atoms with van der Waals surface area (Å²) in [4.78, 5) is 0. The molecule has 1 aliphatic carbocycles. The van der Waals surface area contributed by atoms with E-state index in [9.17, 15) is 0 Å². The Morgan fingerprint density at radius 2 is 1.83 bits per heavy atom. The largest absolute Gasteiger partial charge is 0.324 e. The van der Waals surface area contributed by atoms with Crippen LogP contribution >= 0.6 is 0 Å². The van der Waals surface area contributed by atoms with E-state index in [1.165, 1.54) is 35.1 Å². The van der Waals surface area contributed by atoms with Crippen LogP contribution in [0.5, 0.6) is 0 Å². The van der Waals surface area contributed by atoms with Crippen molar-refractivity contribution in [3.05, 3.63) is 70.8 Å². The fourth-order valence-corrected chi connectivity index (χ4v) is 2.83. The van der Waals surface area contributed by atoms with Crippen molar-refractivity contribution in [2.24, 2.45) is 5.73 Å². The minimum atomic E-state index is 0.240. The highest BCUT2D eigenvalue weighted by atomic mass is 14.6. The van der Waals surface area contributed by atoms with Crippen molar-refractivity contribution in [1.29, 1.82) is 0 Å². The zero-order valence-electron chi connectivity index (χ0n) is 10.6. The first-order valence-electron chi connectivity index (χ1n) is 6.74. The minimum Gasteiger partial charge on any atom is -0.324 e. The van der Waals surface area contributed by atoms with Crippen molar-refractivity contribution < 1.29 is 0 Å². The van der Waals surface area contributed by atoms with Crippen molar-refractivity contribution in [1.82, 2.24) is 0 Å². The van der Waals surface area contributed by atoms with Crippen LogP contribution in [0.3, 0.4) is 0 Å². The third-order valence-corrected chi connectivity index (χ3v) is 3.82. The molecule has 1 unspecified atom stereocenters. The van der Waals surface area contributed by atoms with Gasteiger partial charge in [-0.15, -0.1) is 0 Å². The molecule has 0 saturated heterocycles. The number of fused-ring (bicyclic) bond motifs is 1. The quantitative estimate of drug-likeness (QED) is 0.848. The first-order chi connectivity index (χ1) is 8.83. The molecule has 0 amide bonds. The van der Waals surface area contributed by atoms with E-state index in [4.69, 9.17) is 5.73 Å². The third kappa shape index (κ3) is 2.32. The Morgan fingerprint density at radius 3 is 2.67 bits per heavy atom. The van der Waals surface area contributed by atoms with Gasteiger partial charge in [-0.1, -0.05) is 48.5 Å². The zero-order chi connectivity index (χ0) is 12.4. The lowest BCUT2D eigenvalue weighted by Crippen LogP contribution is -2.17. The molecule has 2 aromatic rings. The maximum atomic E-state index is 6.21. The van der Waals surface area contributed by atoms with Gasteiger partial charge in [0.1, 0.15) is 0 Å². The molecule has 3 rings (SSSR count). The molecule has 2 N–H and O–H groups in total. The predicted octanol–water partition coefficient (Wildman–Crippen LogP) is 3.61. The van der Waals surface area contributed by atoms with E-state index < -0.39 is 0 Å². The maximum absolute atomic E-state index is 6.21. The second-order valence-corrected chi connectivity index (χ2v) is 5.19. The molecule has 92 valence electrons. The Hall–Kier alpha value is -1.60. The van der Waals surface area contributed by atoms with E-state index >= 15 is 0 Å². The molecular weight excluding hydrogens is 218 g/mol. The van der Waals surface area contributed by atoms with E-state index in [1.807, 2.05) is 0 Å². The second-order valence-electron chi connectivity index (χ2n) is 5.19. The fourth-order valence-electron chi connectivity index (χ4n) is 2.83. The highest BCUT2D eigenvalue weighted by Crippen LogP contribution is 2.29. The number of aryl methyl sites for hydroxylation is 1. The summed E-state index contributed by atoms with van der Waals surface area (Å²) >= 11 is 0. The summed E-state index contributed by atoms with van der Waals surface area (Å²) in [5.41, 5.74) is 11.8. The molecule has 0 spiro atoms. The molecular formula is C17H19N. The van der Waals surface area contributed by atoms with Gasteiger partial charge in [-0.3, -0.25) is 0 Å². The van der Waals surface area contributed by atoms with E-state index in [1.54, 1.807) is 0 Å². The lowest BCUT2D eigenvalue weighted by Gasteiger charge is -2.23. The summed E-state index contributed by atoms with van der Waals surface area (Å²) in [5.74, 6) is 0. The van der Waals surface area contributed by atoms with Crippen LogP contribution in [0.2, 0.25) is 0 Å². The molecule has 2 aromatic carbocycles. The minimum absolute atomic E-state index is 0.240. The molecule has 1 nitrogen and oxygen atoms in total. The molecule has 0 saturated carbocycles. The van der Waals surface area contributed by atoms with Gasteiger partial charge >= 0.3 is 0 Å². The summed E-state index contributed by atoms with van der Waals surface area (Å²) in [5, 5.41) is 0. The molecule has 0 radical (unpaired) electrons. The standard InChI is InChI=1S/C17H19N/c18-17-8-4-7-15-10-9-14(12-16(15)17)11-13-5-2-1-3-6-13/h1-3,5-6,9-10,12,17H,4,7-8,11,18H2. The van der Waals surface area contributed by atoms with Crippen molar-refractivity contribution in [2.45, 2.75) is 31.7 Å². The van der Waals surface area contributed by atoms with Crippen molar-refractivity contribution in [2.75, 3.05) is 0 Å². The molecule has 1 heteroatoms. The van der Waals surface area contributed by atoms with E-state index in [2.05, 4.69) is 48.5 Å². The molecule has 18 heavy (non-hydrogen) atoms. The van der Waals surface area contributed by atoms with Crippen molar-refractivity contribution >= 4 is 0 Å². The van der Waals surface area contributed by atoms with Gasteiger partial charge in [0, 0.05) is 6.04 Å². The van der Waals surface area contributed by atoms with Crippen LogP contribution in [-0.2, 0) is 12.8 Å². The number of nitrogens with two attached hydrogens (primary N) is 1. The Bertz CT molecular complexity index is 531. The van der Waals surface area contributed by atoms with Gasteiger partial charge in [0.2, 0.25) is 0 Å². The van der Waals surface area contributed by atoms with Gasteiger partial charge in [-0.2, -0.15) is 0 Å². The maximum Gasteiger partial charge on any atom is 0.0297 e. The van der Waals surface area contributed by atoms with Crippen LogP contribution in [0.25, 0.3) is 0 Å². The summed E-state index contributed by atoms with van der Waals surface area (Å²) in [6.07, 6.45) is 4.55. The Morgan fingerprint density at radius 1 is 1.00 bits per heavy atom. The molecule has 1 aliphatic rings. The van der Waals surface area contributed by atoms with Crippen LogP contribution in [0, 0.1) is 0 Å².